The lowest BCUT2D eigenvalue weighted by Gasteiger charge is -2.17. The van der Waals surface area contributed by atoms with E-state index in [0.717, 1.165) is 17.8 Å². The fraction of sp³-hybridized carbons (Fsp3) is 0.455. The van der Waals surface area contributed by atoms with Gasteiger partial charge in [-0.05, 0) is 41.1 Å². The number of hydrogen-bond donors (Lipinski definition) is 0. The average molecular weight is 140 g/mol. The molecule has 0 amide bonds. The Balaban J connectivity index is 2.04. The number of hydrogen-bond acceptors (Lipinski definition) is 0. The molecule has 0 nitrogen and oxygen atoms in total. The molecule has 1 saturated carbocycles. The van der Waals surface area contributed by atoms with Crippen LogP contribution in [0.15, 0.2) is 33.9 Å². The van der Waals surface area contributed by atoms with Crippen molar-refractivity contribution in [1.82, 2.24) is 0 Å². The maximum absolute atomic E-state index is 2.55. The van der Waals surface area contributed by atoms with Crippen molar-refractivity contribution >= 4 is 0 Å². The molecule has 0 bridgehead atoms. The lowest BCUT2D eigenvalue weighted by Crippen LogP contribution is -2.06. The minimum atomic E-state index is 0.880. The van der Waals surface area contributed by atoms with Crippen LogP contribution in [-0.4, -0.2) is 0 Å². The van der Waals surface area contributed by atoms with Crippen molar-refractivity contribution in [3.8, 4) is 0 Å². The van der Waals surface area contributed by atoms with Crippen LogP contribution in [0.25, 0.3) is 0 Å². The third-order valence-electron chi connectivity index (χ3n) is 4.22. The highest BCUT2D eigenvalue weighted by Crippen LogP contribution is 2.74. The largest absolute Gasteiger partial charge is 0.0688 e. The molecule has 0 heteroatoms. The topological polar surface area (TPSA) is 0 Å². The van der Waals surface area contributed by atoms with Crippen LogP contribution in [-0.2, 0) is 0 Å². The summed E-state index contributed by atoms with van der Waals surface area (Å²) in [6, 6.07) is 0. The zero-order valence-corrected chi connectivity index (χ0v) is 6.22. The van der Waals surface area contributed by atoms with Crippen LogP contribution < -0.4 is 0 Å². The normalized spacial score (nSPS) is 51.6. The zero-order valence-electron chi connectivity index (χ0n) is 6.22. The van der Waals surface area contributed by atoms with E-state index in [4.69, 9.17) is 0 Å². The monoisotopic (exact) mass is 140 g/mol. The van der Waals surface area contributed by atoms with Gasteiger partial charge in [-0.1, -0.05) is 11.6 Å². The SMILES string of the molecule is C1=C2C3=C4C5=C(CC4CC23)C15. The average Bonchev–Trinajstić information content (AvgIpc) is 2.76. The minimum absolute atomic E-state index is 0.880. The van der Waals surface area contributed by atoms with Gasteiger partial charge in [-0.15, -0.1) is 0 Å². The summed E-state index contributed by atoms with van der Waals surface area (Å²) in [6.45, 7) is 0. The number of allylic oxidation sites excluding steroid dienone is 6. The van der Waals surface area contributed by atoms with Crippen LogP contribution in [0.1, 0.15) is 12.8 Å². The fourth-order valence-corrected chi connectivity index (χ4v) is 3.75. The van der Waals surface area contributed by atoms with Crippen LogP contribution in [0.5, 0.6) is 0 Å². The molecule has 52 valence electrons. The lowest BCUT2D eigenvalue weighted by atomic mass is 9.86. The second-order valence-electron chi connectivity index (χ2n) is 4.56. The molecule has 0 aromatic carbocycles. The Labute approximate surface area is 65.3 Å². The molecule has 0 radical (unpaired) electrons. The molecule has 0 aliphatic heterocycles. The summed E-state index contributed by atoms with van der Waals surface area (Å²) in [5.41, 5.74) is 9.00. The van der Waals surface area contributed by atoms with Crippen molar-refractivity contribution in [2.75, 3.05) is 0 Å². The molecule has 3 unspecified atom stereocenters. The maximum atomic E-state index is 2.55. The molecule has 0 N–H and O–H groups in total. The Kier molecular flexibility index (Phi) is 0.354. The van der Waals surface area contributed by atoms with Gasteiger partial charge in [0.1, 0.15) is 0 Å². The Hall–Kier alpha value is -0.780. The molecule has 11 heavy (non-hydrogen) atoms. The van der Waals surface area contributed by atoms with Gasteiger partial charge >= 0.3 is 0 Å². The van der Waals surface area contributed by atoms with Crippen molar-refractivity contribution in [2.45, 2.75) is 12.8 Å². The molecule has 0 aromatic heterocycles. The van der Waals surface area contributed by atoms with Crippen LogP contribution in [0, 0.1) is 17.8 Å². The third-order valence-corrected chi connectivity index (χ3v) is 4.22. The van der Waals surface area contributed by atoms with E-state index in [1.54, 1.807) is 16.7 Å². The quantitative estimate of drug-likeness (QED) is 0.484. The zero-order chi connectivity index (χ0) is 6.74. The van der Waals surface area contributed by atoms with E-state index in [9.17, 15) is 0 Å². The molecule has 5 aliphatic rings. The minimum Gasteiger partial charge on any atom is -0.0688 e. The highest BCUT2D eigenvalue weighted by atomic mass is 14.6. The van der Waals surface area contributed by atoms with Crippen LogP contribution in [0.4, 0.5) is 0 Å². The Morgan fingerprint density at radius 2 is 2.18 bits per heavy atom. The van der Waals surface area contributed by atoms with Gasteiger partial charge in [0.2, 0.25) is 0 Å². The van der Waals surface area contributed by atoms with E-state index in [0.29, 0.717) is 0 Å². The highest BCUT2D eigenvalue weighted by molar-refractivity contribution is 5.80. The van der Waals surface area contributed by atoms with Gasteiger partial charge in [-0.25, -0.2) is 0 Å². The van der Waals surface area contributed by atoms with E-state index in [1.165, 1.54) is 12.8 Å². The van der Waals surface area contributed by atoms with E-state index in [-0.39, 0.29) is 0 Å². The Bertz CT molecular complexity index is 417. The maximum Gasteiger partial charge on any atom is 0.0243 e. The summed E-state index contributed by atoms with van der Waals surface area (Å²) < 4.78 is 0. The second-order valence-corrected chi connectivity index (χ2v) is 4.56. The summed E-state index contributed by atoms with van der Waals surface area (Å²) in [5, 5.41) is 0. The summed E-state index contributed by atoms with van der Waals surface area (Å²) in [7, 11) is 0. The molecule has 3 atom stereocenters. The molecule has 0 spiro atoms. The summed E-state index contributed by atoms with van der Waals surface area (Å²) >= 11 is 0. The molecular formula is C11H8. The Morgan fingerprint density at radius 1 is 1.18 bits per heavy atom. The van der Waals surface area contributed by atoms with E-state index < -0.39 is 0 Å². The first kappa shape index (κ1) is 4.30. The molecule has 0 aromatic rings. The Morgan fingerprint density at radius 3 is 3.18 bits per heavy atom. The van der Waals surface area contributed by atoms with Crippen molar-refractivity contribution in [3.63, 3.8) is 0 Å². The van der Waals surface area contributed by atoms with E-state index in [2.05, 4.69) is 6.08 Å². The van der Waals surface area contributed by atoms with Crippen LogP contribution in [0.2, 0.25) is 0 Å². The van der Waals surface area contributed by atoms with Gasteiger partial charge in [0, 0.05) is 11.8 Å². The molecule has 5 aliphatic carbocycles. The van der Waals surface area contributed by atoms with Crippen molar-refractivity contribution in [1.29, 1.82) is 0 Å². The van der Waals surface area contributed by atoms with Gasteiger partial charge < -0.3 is 0 Å². The second kappa shape index (κ2) is 0.906. The molecule has 1 fully saturated rings. The standard InChI is InChI=1S/C11H8/c1-4-2-6-8-3-7-5(1)10(7)9(4)11(6)8/h3-5,8H,1-2H2. The van der Waals surface area contributed by atoms with Gasteiger partial charge in [0.25, 0.3) is 0 Å². The van der Waals surface area contributed by atoms with E-state index >= 15 is 0 Å². The summed E-state index contributed by atoms with van der Waals surface area (Å²) in [6.07, 6.45) is 5.47. The van der Waals surface area contributed by atoms with Crippen LogP contribution >= 0.6 is 0 Å². The summed E-state index contributed by atoms with van der Waals surface area (Å²) in [5.74, 6) is 2.86. The third kappa shape index (κ3) is 0.257. The lowest BCUT2D eigenvalue weighted by molar-refractivity contribution is 0.563. The van der Waals surface area contributed by atoms with Crippen molar-refractivity contribution in [2.24, 2.45) is 17.8 Å². The highest BCUT2D eigenvalue weighted by Gasteiger charge is 2.61. The number of fused-ring (bicyclic) bond motifs is 2. The molecule has 0 heterocycles. The predicted octanol–water partition coefficient (Wildman–Crippen LogP) is 2.20. The number of rotatable bonds is 0. The predicted molar refractivity (Wildman–Crippen MR) is 41.8 cm³/mol. The van der Waals surface area contributed by atoms with Gasteiger partial charge in [0.05, 0.1) is 0 Å². The van der Waals surface area contributed by atoms with Gasteiger partial charge in [-0.3, -0.25) is 0 Å². The molecule has 0 saturated heterocycles. The van der Waals surface area contributed by atoms with Crippen molar-refractivity contribution in [3.05, 3.63) is 33.9 Å². The first-order valence-corrected chi connectivity index (χ1v) is 4.64. The fourth-order valence-electron chi connectivity index (χ4n) is 3.75. The van der Waals surface area contributed by atoms with Crippen LogP contribution in [0.3, 0.4) is 0 Å². The molecular weight excluding hydrogens is 132 g/mol. The molecule has 5 rings (SSSR count). The first-order valence-electron chi connectivity index (χ1n) is 4.64. The van der Waals surface area contributed by atoms with E-state index in [1.807, 2.05) is 11.1 Å². The summed E-state index contributed by atoms with van der Waals surface area (Å²) in [4.78, 5) is 0. The first-order chi connectivity index (χ1) is 5.45. The van der Waals surface area contributed by atoms with Gasteiger partial charge in [-0.2, -0.15) is 0 Å². The smallest absolute Gasteiger partial charge is 0.0243 e. The van der Waals surface area contributed by atoms with Gasteiger partial charge in [0.15, 0.2) is 0 Å². The van der Waals surface area contributed by atoms with Crippen molar-refractivity contribution < 1.29 is 0 Å².